The molecule has 2 aromatic rings. The standard InChI is InChI=1S/C14H12BrNO/c1-10-5-2-3-6-11(10)9-13(17)14-12(15)7-4-8-16-14/h2-8H,9H2,1H3. The van der Waals surface area contributed by atoms with E-state index in [1.54, 1.807) is 12.3 Å². The number of pyridine rings is 1. The quantitative estimate of drug-likeness (QED) is 0.809. The third-order valence-corrected chi connectivity index (χ3v) is 3.27. The minimum atomic E-state index is 0.0341. The molecule has 0 saturated carbocycles. The van der Waals surface area contributed by atoms with Gasteiger partial charge in [0.15, 0.2) is 5.78 Å². The van der Waals surface area contributed by atoms with E-state index in [4.69, 9.17) is 0 Å². The minimum Gasteiger partial charge on any atom is -0.292 e. The molecule has 86 valence electrons. The van der Waals surface area contributed by atoms with Crippen LogP contribution in [0.2, 0.25) is 0 Å². The molecule has 0 N–H and O–H groups in total. The summed E-state index contributed by atoms with van der Waals surface area (Å²) >= 11 is 3.35. The van der Waals surface area contributed by atoms with Crippen LogP contribution < -0.4 is 0 Å². The van der Waals surface area contributed by atoms with E-state index in [9.17, 15) is 4.79 Å². The zero-order chi connectivity index (χ0) is 12.3. The van der Waals surface area contributed by atoms with Crippen LogP contribution in [-0.2, 0) is 6.42 Å². The number of hydrogen-bond donors (Lipinski definition) is 0. The summed E-state index contributed by atoms with van der Waals surface area (Å²) in [6, 6.07) is 11.5. The highest BCUT2D eigenvalue weighted by Crippen LogP contribution is 2.17. The van der Waals surface area contributed by atoms with Gasteiger partial charge in [-0.2, -0.15) is 0 Å². The molecule has 0 saturated heterocycles. The first-order valence-electron chi connectivity index (χ1n) is 5.36. The van der Waals surface area contributed by atoms with Gasteiger partial charge in [0, 0.05) is 17.1 Å². The highest BCUT2D eigenvalue weighted by atomic mass is 79.9. The van der Waals surface area contributed by atoms with Gasteiger partial charge < -0.3 is 0 Å². The average Bonchev–Trinajstić information content (AvgIpc) is 2.32. The third-order valence-electron chi connectivity index (χ3n) is 2.63. The summed E-state index contributed by atoms with van der Waals surface area (Å²) in [7, 11) is 0. The number of carbonyl (C=O) groups is 1. The lowest BCUT2D eigenvalue weighted by Gasteiger charge is -2.05. The van der Waals surface area contributed by atoms with Gasteiger partial charge in [-0.25, -0.2) is 0 Å². The van der Waals surface area contributed by atoms with Crippen molar-refractivity contribution < 1.29 is 4.79 Å². The lowest BCUT2D eigenvalue weighted by Crippen LogP contribution is -2.07. The molecule has 0 spiro atoms. The number of carbonyl (C=O) groups excluding carboxylic acids is 1. The predicted molar refractivity (Wildman–Crippen MR) is 71.2 cm³/mol. The molecule has 0 radical (unpaired) electrons. The summed E-state index contributed by atoms with van der Waals surface area (Å²) in [6.07, 6.45) is 2.03. The maximum Gasteiger partial charge on any atom is 0.186 e. The SMILES string of the molecule is Cc1ccccc1CC(=O)c1ncccc1Br. The van der Waals surface area contributed by atoms with E-state index in [-0.39, 0.29) is 5.78 Å². The lowest BCUT2D eigenvalue weighted by molar-refractivity contribution is 0.0987. The molecule has 1 aromatic carbocycles. The number of aryl methyl sites for hydroxylation is 1. The van der Waals surface area contributed by atoms with Crippen molar-refractivity contribution in [3.63, 3.8) is 0 Å². The number of ketones is 1. The molecule has 0 unspecified atom stereocenters. The normalized spacial score (nSPS) is 10.2. The highest BCUT2D eigenvalue weighted by Gasteiger charge is 2.12. The molecule has 3 heteroatoms. The fourth-order valence-electron chi connectivity index (χ4n) is 1.66. The summed E-state index contributed by atoms with van der Waals surface area (Å²) in [6.45, 7) is 2.01. The Morgan fingerprint density at radius 2 is 2.00 bits per heavy atom. The molecule has 2 rings (SSSR count). The number of benzene rings is 1. The van der Waals surface area contributed by atoms with Crippen molar-refractivity contribution in [2.45, 2.75) is 13.3 Å². The fourth-order valence-corrected chi connectivity index (χ4v) is 2.13. The summed E-state index contributed by atoms with van der Waals surface area (Å²) in [5.74, 6) is 0.0341. The fraction of sp³-hybridized carbons (Fsp3) is 0.143. The minimum absolute atomic E-state index is 0.0341. The maximum absolute atomic E-state index is 12.1. The number of hydrogen-bond acceptors (Lipinski definition) is 2. The van der Waals surface area contributed by atoms with Gasteiger partial charge in [-0.05, 0) is 46.1 Å². The van der Waals surface area contributed by atoms with Crippen LogP contribution in [0.15, 0.2) is 47.1 Å². The smallest absolute Gasteiger partial charge is 0.186 e. The van der Waals surface area contributed by atoms with Gasteiger partial charge in [0.05, 0.1) is 0 Å². The number of aromatic nitrogens is 1. The number of rotatable bonds is 3. The van der Waals surface area contributed by atoms with Crippen LogP contribution in [0.25, 0.3) is 0 Å². The van der Waals surface area contributed by atoms with Crippen LogP contribution in [0.5, 0.6) is 0 Å². The van der Waals surface area contributed by atoms with Gasteiger partial charge >= 0.3 is 0 Å². The predicted octanol–water partition coefficient (Wildman–Crippen LogP) is 3.58. The Balaban J connectivity index is 2.24. The number of nitrogens with zero attached hydrogens (tertiary/aromatic N) is 1. The summed E-state index contributed by atoms with van der Waals surface area (Å²) in [5, 5.41) is 0. The number of Topliss-reactive ketones (excluding diaryl/α,β-unsaturated/α-hetero) is 1. The van der Waals surface area contributed by atoms with Crippen molar-refractivity contribution in [3.05, 3.63) is 63.9 Å². The van der Waals surface area contributed by atoms with E-state index >= 15 is 0 Å². The number of halogens is 1. The summed E-state index contributed by atoms with van der Waals surface area (Å²) in [4.78, 5) is 16.2. The molecule has 0 aliphatic rings. The zero-order valence-corrected chi connectivity index (χ0v) is 11.1. The Bertz CT molecular complexity index is 551. The van der Waals surface area contributed by atoms with E-state index < -0.39 is 0 Å². The van der Waals surface area contributed by atoms with Gasteiger partial charge in [-0.1, -0.05) is 24.3 Å². The second kappa shape index (κ2) is 5.23. The van der Waals surface area contributed by atoms with Crippen molar-refractivity contribution in [1.82, 2.24) is 4.98 Å². The Kier molecular flexibility index (Phi) is 3.69. The van der Waals surface area contributed by atoms with Gasteiger partial charge in [0.25, 0.3) is 0 Å². The zero-order valence-electron chi connectivity index (χ0n) is 9.48. The van der Waals surface area contributed by atoms with Crippen LogP contribution in [0, 0.1) is 6.92 Å². The van der Waals surface area contributed by atoms with Crippen molar-refractivity contribution >= 4 is 21.7 Å². The van der Waals surface area contributed by atoms with Crippen LogP contribution >= 0.6 is 15.9 Å². The third kappa shape index (κ3) is 2.80. The van der Waals surface area contributed by atoms with E-state index in [1.165, 1.54) is 0 Å². The van der Waals surface area contributed by atoms with Crippen molar-refractivity contribution in [1.29, 1.82) is 0 Å². The molecule has 0 amide bonds. The molecule has 0 bridgehead atoms. The molecule has 17 heavy (non-hydrogen) atoms. The molecular weight excluding hydrogens is 278 g/mol. The Morgan fingerprint density at radius 1 is 1.24 bits per heavy atom. The molecule has 2 nitrogen and oxygen atoms in total. The maximum atomic E-state index is 12.1. The first kappa shape index (κ1) is 12.0. The highest BCUT2D eigenvalue weighted by molar-refractivity contribution is 9.10. The molecule has 0 fully saturated rings. The lowest BCUT2D eigenvalue weighted by atomic mass is 10.0. The van der Waals surface area contributed by atoms with Gasteiger partial charge in [-0.15, -0.1) is 0 Å². The first-order valence-corrected chi connectivity index (χ1v) is 6.16. The van der Waals surface area contributed by atoms with Crippen LogP contribution in [0.1, 0.15) is 21.6 Å². The Morgan fingerprint density at radius 3 is 2.71 bits per heavy atom. The van der Waals surface area contributed by atoms with Crippen molar-refractivity contribution in [3.8, 4) is 0 Å². The summed E-state index contributed by atoms with van der Waals surface area (Å²) in [5.41, 5.74) is 2.68. The molecule has 0 aliphatic heterocycles. The van der Waals surface area contributed by atoms with Gasteiger partial charge in [0.1, 0.15) is 5.69 Å². The molecule has 0 aliphatic carbocycles. The van der Waals surface area contributed by atoms with E-state index in [0.717, 1.165) is 15.6 Å². The first-order chi connectivity index (χ1) is 8.18. The topological polar surface area (TPSA) is 30.0 Å². The van der Waals surface area contributed by atoms with E-state index in [2.05, 4.69) is 20.9 Å². The van der Waals surface area contributed by atoms with Gasteiger partial charge in [0.2, 0.25) is 0 Å². The van der Waals surface area contributed by atoms with Gasteiger partial charge in [-0.3, -0.25) is 9.78 Å². The van der Waals surface area contributed by atoms with E-state index in [0.29, 0.717) is 12.1 Å². The second-order valence-corrected chi connectivity index (χ2v) is 4.71. The molecule has 0 atom stereocenters. The van der Waals surface area contributed by atoms with Crippen molar-refractivity contribution in [2.75, 3.05) is 0 Å². The molecule has 1 aromatic heterocycles. The summed E-state index contributed by atoms with van der Waals surface area (Å²) < 4.78 is 0.749. The Hall–Kier alpha value is -1.48. The second-order valence-electron chi connectivity index (χ2n) is 3.86. The van der Waals surface area contributed by atoms with Crippen LogP contribution in [0.4, 0.5) is 0 Å². The van der Waals surface area contributed by atoms with E-state index in [1.807, 2.05) is 37.3 Å². The Labute approximate surface area is 109 Å². The van der Waals surface area contributed by atoms with Crippen LogP contribution in [-0.4, -0.2) is 10.8 Å². The van der Waals surface area contributed by atoms with Crippen LogP contribution in [0.3, 0.4) is 0 Å². The average molecular weight is 290 g/mol. The molecule has 1 heterocycles. The largest absolute Gasteiger partial charge is 0.292 e. The van der Waals surface area contributed by atoms with Crippen molar-refractivity contribution in [2.24, 2.45) is 0 Å². The monoisotopic (exact) mass is 289 g/mol. The molecular formula is C14H12BrNO.